The van der Waals surface area contributed by atoms with E-state index in [1.54, 1.807) is 0 Å². The van der Waals surface area contributed by atoms with Crippen LogP contribution in [0.25, 0.3) is 27.9 Å². The third kappa shape index (κ3) is 9.35. The molecule has 5 aromatic rings. The minimum atomic E-state index is 0.602. The first-order valence-electron chi connectivity index (χ1n) is 20.7. The Kier molecular flexibility index (Phi) is 13.3. The van der Waals surface area contributed by atoms with Gasteiger partial charge in [0.15, 0.2) is 0 Å². The molecule has 0 N–H and O–H groups in total. The first kappa shape index (κ1) is 43.4. The average Bonchev–Trinajstić information content (AvgIpc) is 3.17. The summed E-state index contributed by atoms with van der Waals surface area (Å²) in [5.41, 5.74) is 29.3. The molecule has 1 heteroatoms. The zero-order valence-corrected chi connectivity index (χ0v) is 37.3. The van der Waals surface area contributed by atoms with E-state index in [4.69, 9.17) is 0 Å². The summed E-state index contributed by atoms with van der Waals surface area (Å²) in [7, 11) is 0. The van der Waals surface area contributed by atoms with Crippen LogP contribution in [0.4, 0.5) is 0 Å². The van der Waals surface area contributed by atoms with Crippen molar-refractivity contribution in [3.63, 3.8) is 0 Å². The highest BCUT2D eigenvalue weighted by Crippen LogP contribution is 2.34. The predicted molar refractivity (Wildman–Crippen MR) is 255 cm³/mol. The van der Waals surface area contributed by atoms with Crippen LogP contribution in [-0.2, 0) is 25.7 Å². The lowest BCUT2D eigenvalue weighted by Crippen LogP contribution is -2.03. The van der Waals surface area contributed by atoms with Gasteiger partial charge in [0, 0.05) is 0 Å². The Morgan fingerprint density at radius 1 is 0.379 bits per heavy atom. The number of aryl methyl sites for hydroxylation is 6. The molecule has 0 spiro atoms. The average molecular weight is 762 g/mol. The number of benzene rings is 5. The molecular weight excluding hydrogens is 699 g/mol. The quantitative estimate of drug-likeness (QED) is 0.111. The molecule has 0 heterocycles. The molecule has 0 aliphatic heterocycles. The van der Waals surface area contributed by atoms with Gasteiger partial charge in [-0.2, -0.15) is 5.26 Å². The predicted octanol–water partition coefficient (Wildman–Crippen LogP) is 15.1. The lowest BCUT2D eigenvalue weighted by Gasteiger charge is -2.19. The molecule has 0 fully saturated rings. The molecule has 5 aromatic carbocycles. The van der Waals surface area contributed by atoms with Crippen LogP contribution in [0.5, 0.6) is 0 Å². The maximum Gasteiger partial charge on any atom is 0.0997 e. The van der Waals surface area contributed by atoms with E-state index >= 15 is 0 Å². The molecule has 5 rings (SSSR count). The fourth-order valence-corrected chi connectivity index (χ4v) is 8.10. The number of rotatable bonds is 14. The highest BCUT2D eigenvalue weighted by atomic mass is 14.3. The molecule has 58 heavy (non-hydrogen) atoms. The van der Waals surface area contributed by atoms with Gasteiger partial charge < -0.3 is 0 Å². The lowest BCUT2D eigenvalue weighted by atomic mass is 9.86. The Labute approximate surface area is 350 Å². The van der Waals surface area contributed by atoms with E-state index in [2.05, 4.69) is 169 Å². The molecular formula is C57H63N. The van der Waals surface area contributed by atoms with Gasteiger partial charge in [-0.1, -0.05) is 94.4 Å². The van der Waals surface area contributed by atoms with Crippen LogP contribution in [-0.4, -0.2) is 0 Å². The van der Waals surface area contributed by atoms with Crippen molar-refractivity contribution in [3.8, 4) is 6.07 Å². The maximum absolute atomic E-state index is 10.1. The molecule has 0 aromatic heterocycles. The van der Waals surface area contributed by atoms with Crippen molar-refractivity contribution in [2.45, 2.75) is 108 Å². The summed E-state index contributed by atoms with van der Waals surface area (Å²) in [6, 6.07) is 25.0. The number of nitrogens with zero attached hydrogens (tertiary/aromatic N) is 1. The highest BCUT2D eigenvalue weighted by Gasteiger charge is 2.17. The van der Waals surface area contributed by atoms with Crippen LogP contribution in [0.15, 0.2) is 93.6 Å². The normalized spacial score (nSPS) is 11.0. The molecule has 0 saturated carbocycles. The van der Waals surface area contributed by atoms with Crippen molar-refractivity contribution < 1.29 is 0 Å². The van der Waals surface area contributed by atoms with Crippen molar-refractivity contribution in [1.29, 1.82) is 5.26 Å². The number of allylic oxidation sites excluding steroid dienone is 5. The van der Waals surface area contributed by atoms with Crippen LogP contribution in [0.1, 0.15) is 125 Å². The molecule has 0 aliphatic rings. The SMILES string of the molecule is C=C(CC)c1cc(C)c(C#N)c(CC(=C)c2cc(C)c(C)c(CC(=C)c3cc(C)c(C)c(CC(=C)c4cc(C)c(C)c(CC(=C)c5cc(C)c(C)c(C)c5)c4)c3)c2)c1. The fourth-order valence-electron chi connectivity index (χ4n) is 8.10. The first-order chi connectivity index (χ1) is 27.3. The zero-order chi connectivity index (χ0) is 42.7. The smallest absolute Gasteiger partial charge is 0.0997 e. The van der Waals surface area contributed by atoms with Gasteiger partial charge in [-0.15, -0.1) is 0 Å². The van der Waals surface area contributed by atoms with E-state index in [-0.39, 0.29) is 0 Å². The second-order valence-corrected chi connectivity index (χ2v) is 17.0. The number of hydrogen-bond donors (Lipinski definition) is 0. The third-order valence-electron chi connectivity index (χ3n) is 12.9. The number of nitriles is 1. The Morgan fingerprint density at radius 2 is 0.638 bits per heavy atom. The van der Waals surface area contributed by atoms with Gasteiger partial charge in [-0.05, 0) is 241 Å². The third-order valence-corrected chi connectivity index (χ3v) is 12.9. The summed E-state index contributed by atoms with van der Waals surface area (Å²) >= 11 is 0. The zero-order valence-electron chi connectivity index (χ0n) is 37.3. The highest BCUT2D eigenvalue weighted by molar-refractivity contribution is 5.76. The molecule has 0 aliphatic carbocycles. The minimum absolute atomic E-state index is 0.602. The Balaban J connectivity index is 1.38. The second kappa shape index (κ2) is 17.8. The van der Waals surface area contributed by atoms with E-state index in [1.807, 2.05) is 6.92 Å². The molecule has 0 unspecified atom stereocenters. The monoisotopic (exact) mass is 761 g/mol. The summed E-state index contributed by atoms with van der Waals surface area (Å²) in [6.07, 6.45) is 3.77. The van der Waals surface area contributed by atoms with Gasteiger partial charge in [0.1, 0.15) is 0 Å². The summed E-state index contributed by atoms with van der Waals surface area (Å²) in [4.78, 5) is 0. The van der Waals surface area contributed by atoms with Crippen LogP contribution in [0, 0.1) is 80.6 Å². The summed E-state index contributed by atoms with van der Waals surface area (Å²) < 4.78 is 0. The molecule has 0 radical (unpaired) electrons. The van der Waals surface area contributed by atoms with Crippen molar-refractivity contribution in [1.82, 2.24) is 0 Å². The van der Waals surface area contributed by atoms with Gasteiger partial charge in [0.2, 0.25) is 0 Å². The van der Waals surface area contributed by atoms with E-state index in [1.165, 1.54) is 77.9 Å². The van der Waals surface area contributed by atoms with Gasteiger partial charge in [0.25, 0.3) is 0 Å². The summed E-state index contributed by atoms with van der Waals surface area (Å²) in [5, 5.41) is 10.1. The van der Waals surface area contributed by atoms with Crippen LogP contribution in [0.3, 0.4) is 0 Å². The van der Waals surface area contributed by atoms with Crippen molar-refractivity contribution in [3.05, 3.63) is 205 Å². The molecule has 1 nitrogen and oxygen atoms in total. The fraction of sp³-hybridized carbons (Fsp3) is 0.281. The van der Waals surface area contributed by atoms with Crippen LogP contribution in [0.2, 0.25) is 0 Å². The largest absolute Gasteiger partial charge is 0.192 e. The standard InChI is InChI=1S/C57H63N/c1-17-33(2)49-27-43(12)57(32-58)56(31-49)26-42(11)52-22-38(7)47(16)55(30-52)25-41(10)51-21-37(6)46(15)54(29-51)24-40(9)50-20-36(5)45(14)53(28-50)23-39(8)48-18-34(3)44(13)35(4)19-48/h18-22,27-31H,2,8-11,17,23-26H2,1,3-7,12-16H3. The minimum Gasteiger partial charge on any atom is -0.192 e. The Hall–Kier alpha value is -5.71. The maximum atomic E-state index is 10.1. The van der Waals surface area contributed by atoms with Crippen LogP contribution < -0.4 is 0 Å². The van der Waals surface area contributed by atoms with Crippen molar-refractivity contribution in [2.75, 3.05) is 0 Å². The van der Waals surface area contributed by atoms with Gasteiger partial charge in [0.05, 0.1) is 11.6 Å². The molecule has 0 saturated heterocycles. The van der Waals surface area contributed by atoms with E-state index in [0.29, 0.717) is 6.42 Å². The van der Waals surface area contributed by atoms with Gasteiger partial charge in [-0.3, -0.25) is 0 Å². The lowest BCUT2D eigenvalue weighted by molar-refractivity contribution is 1.15. The van der Waals surface area contributed by atoms with E-state index in [9.17, 15) is 5.26 Å². The first-order valence-corrected chi connectivity index (χ1v) is 20.7. The summed E-state index contributed by atoms with van der Waals surface area (Å²) in [5.74, 6) is 0. The molecule has 296 valence electrons. The molecule has 0 atom stereocenters. The van der Waals surface area contributed by atoms with Gasteiger partial charge >= 0.3 is 0 Å². The Morgan fingerprint density at radius 3 is 0.966 bits per heavy atom. The molecule has 0 amide bonds. The van der Waals surface area contributed by atoms with Crippen molar-refractivity contribution in [2.24, 2.45) is 0 Å². The van der Waals surface area contributed by atoms with Crippen molar-refractivity contribution >= 4 is 27.9 Å². The van der Waals surface area contributed by atoms with Gasteiger partial charge in [-0.25, -0.2) is 0 Å². The van der Waals surface area contributed by atoms with E-state index < -0.39 is 0 Å². The van der Waals surface area contributed by atoms with E-state index in [0.717, 1.165) is 86.9 Å². The summed E-state index contributed by atoms with van der Waals surface area (Å²) in [6.45, 7) is 46.6. The number of hydrogen-bond acceptors (Lipinski definition) is 1. The molecule has 0 bridgehead atoms. The Bertz CT molecular complexity index is 2550. The second-order valence-electron chi connectivity index (χ2n) is 17.0. The topological polar surface area (TPSA) is 23.8 Å². The van der Waals surface area contributed by atoms with Crippen LogP contribution >= 0.6 is 0 Å².